The van der Waals surface area contributed by atoms with Gasteiger partial charge < -0.3 is 9.84 Å². The molecule has 2 rings (SSSR count). The highest BCUT2D eigenvalue weighted by Gasteiger charge is 2.26. The highest BCUT2D eigenvalue weighted by Crippen LogP contribution is 2.34. The molecule has 0 atom stereocenters. The molecule has 0 amide bonds. The maximum absolute atomic E-state index is 10.9. The van der Waals surface area contributed by atoms with Gasteiger partial charge in [-0.3, -0.25) is 4.98 Å². The third kappa shape index (κ3) is 2.23. The lowest BCUT2D eigenvalue weighted by Crippen LogP contribution is -2.04. The molecule has 1 aliphatic rings. The van der Waals surface area contributed by atoms with E-state index in [1.165, 1.54) is 18.0 Å². The van der Waals surface area contributed by atoms with Crippen LogP contribution in [0.15, 0.2) is 17.3 Å². The molecule has 1 aromatic heterocycles. The van der Waals surface area contributed by atoms with Crippen LogP contribution >= 0.6 is 11.8 Å². The van der Waals surface area contributed by atoms with Crippen molar-refractivity contribution in [1.29, 1.82) is 0 Å². The highest BCUT2D eigenvalue weighted by atomic mass is 32.2. The van der Waals surface area contributed by atoms with Crippen molar-refractivity contribution in [2.45, 2.75) is 23.8 Å². The zero-order valence-electron chi connectivity index (χ0n) is 8.27. The maximum atomic E-state index is 10.9. The van der Waals surface area contributed by atoms with Gasteiger partial charge in [0.05, 0.1) is 22.8 Å². The van der Waals surface area contributed by atoms with Gasteiger partial charge in [0.2, 0.25) is 0 Å². The molecule has 1 saturated carbocycles. The summed E-state index contributed by atoms with van der Waals surface area (Å²) in [6.07, 6.45) is 7.11. The normalized spacial score (nSPS) is 15.0. The number of carbonyl (C=O) groups is 1. The third-order valence-corrected chi connectivity index (χ3v) is 2.95. The minimum Gasteiger partial charge on any atom is -0.488 e. The number of aromatic carboxylic acids is 1. The van der Waals surface area contributed by atoms with Gasteiger partial charge >= 0.3 is 5.97 Å². The number of nitrogens with zero attached hydrogens (tertiary/aromatic N) is 1. The molecule has 0 saturated heterocycles. The minimum absolute atomic E-state index is 0.209. The first-order valence-corrected chi connectivity index (χ1v) is 5.86. The zero-order chi connectivity index (χ0) is 10.8. The molecule has 1 aliphatic carbocycles. The molecular weight excluding hydrogens is 214 g/mol. The molecule has 0 unspecified atom stereocenters. The average molecular weight is 225 g/mol. The Balaban J connectivity index is 2.34. The topological polar surface area (TPSA) is 59.4 Å². The maximum Gasteiger partial charge on any atom is 0.338 e. The van der Waals surface area contributed by atoms with Gasteiger partial charge in [-0.15, -0.1) is 11.8 Å². The Morgan fingerprint density at radius 3 is 2.87 bits per heavy atom. The van der Waals surface area contributed by atoms with Gasteiger partial charge in [-0.2, -0.15) is 0 Å². The average Bonchev–Trinajstić information content (AvgIpc) is 3.01. The van der Waals surface area contributed by atoms with E-state index in [2.05, 4.69) is 4.98 Å². The highest BCUT2D eigenvalue weighted by molar-refractivity contribution is 7.98. The molecule has 0 bridgehead atoms. The fourth-order valence-corrected chi connectivity index (χ4v) is 1.90. The van der Waals surface area contributed by atoms with E-state index in [1.807, 2.05) is 6.26 Å². The van der Waals surface area contributed by atoms with Crippen molar-refractivity contribution < 1.29 is 14.6 Å². The van der Waals surface area contributed by atoms with Crippen LogP contribution < -0.4 is 4.74 Å². The number of ether oxygens (including phenoxy) is 1. The smallest absolute Gasteiger partial charge is 0.338 e. The first-order valence-electron chi connectivity index (χ1n) is 4.64. The molecule has 0 aromatic carbocycles. The molecule has 0 radical (unpaired) electrons. The molecule has 5 heteroatoms. The Kier molecular flexibility index (Phi) is 2.81. The van der Waals surface area contributed by atoms with Gasteiger partial charge in [-0.1, -0.05) is 0 Å². The van der Waals surface area contributed by atoms with Crippen LogP contribution in [0.25, 0.3) is 0 Å². The fraction of sp³-hybridized carbons (Fsp3) is 0.400. The van der Waals surface area contributed by atoms with Crippen LogP contribution in [0, 0.1) is 0 Å². The molecule has 0 spiro atoms. The Labute approximate surface area is 91.7 Å². The third-order valence-electron chi connectivity index (χ3n) is 2.12. The van der Waals surface area contributed by atoms with E-state index >= 15 is 0 Å². The van der Waals surface area contributed by atoms with Gasteiger partial charge in [0, 0.05) is 6.20 Å². The lowest BCUT2D eigenvalue weighted by molar-refractivity contribution is 0.0691. The fourth-order valence-electron chi connectivity index (χ4n) is 1.24. The predicted molar refractivity (Wildman–Crippen MR) is 56.6 cm³/mol. The quantitative estimate of drug-likeness (QED) is 0.794. The number of hydrogen-bond acceptors (Lipinski definition) is 4. The minimum atomic E-state index is -0.965. The molecule has 15 heavy (non-hydrogen) atoms. The van der Waals surface area contributed by atoms with Crippen LogP contribution in [0.5, 0.6) is 5.75 Å². The van der Waals surface area contributed by atoms with Gasteiger partial charge in [-0.05, 0) is 19.1 Å². The lowest BCUT2D eigenvalue weighted by Gasteiger charge is -2.10. The van der Waals surface area contributed by atoms with E-state index in [0.717, 1.165) is 12.8 Å². The molecule has 80 valence electrons. The van der Waals surface area contributed by atoms with Crippen molar-refractivity contribution in [3.8, 4) is 5.75 Å². The van der Waals surface area contributed by atoms with Gasteiger partial charge in [0.1, 0.15) is 0 Å². The van der Waals surface area contributed by atoms with E-state index in [0.29, 0.717) is 10.6 Å². The van der Waals surface area contributed by atoms with E-state index < -0.39 is 5.97 Å². The summed E-state index contributed by atoms with van der Waals surface area (Å²) >= 11 is 1.37. The zero-order valence-corrected chi connectivity index (χ0v) is 9.08. The van der Waals surface area contributed by atoms with Crippen LogP contribution in [-0.2, 0) is 0 Å². The number of hydrogen-bond donors (Lipinski definition) is 1. The van der Waals surface area contributed by atoms with E-state index in [4.69, 9.17) is 9.84 Å². The van der Waals surface area contributed by atoms with Crippen LogP contribution in [0.3, 0.4) is 0 Å². The van der Waals surface area contributed by atoms with Crippen LogP contribution in [-0.4, -0.2) is 28.4 Å². The summed E-state index contributed by atoms with van der Waals surface area (Å²) in [5, 5.41) is 8.96. The second-order valence-corrected chi connectivity index (χ2v) is 4.16. The molecule has 1 N–H and O–H groups in total. The first-order chi connectivity index (χ1) is 7.22. The standard InChI is InChI=1S/C10H11NO3S/c1-15-9-7(10(12)13)4-11-5-8(9)14-6-2-3-6/h4-6H,2-3H2,1H3,(H,12,13). The Morgan fingerprint density at radius 1 is 1.60 bits per heavy atom. The van der Waals surface area contributed by atoms with Gasteiger partial charge in [0.15, 0.2) is 5.75 Å². The summed E-state index contributed by atoms with van der Waals surface area (Å²) in [7, 11) is 0. The molecule has 4 nitrogen and oxygen atoms in total. The molecule has 1 heterocycles. The number of rotatable bonds is 4. The van der Waals surface area contributed by atoms with Crippen molar-refractivity contribution in [2.24, 2.45) is 0 Å². The van der Waals surface area contributed by atoms with E-state index in [1.54, 1.807) is 6.20 Å². The Hall–Kier alpha value is -1.23. The van der Waals surface area contributed by atoms with Crippen molar-refractivity contribution in [2.75, 3.05) is 6.26 Å². The van der Waals surface area contributed by atoms with Crippen molar-refractivity contribution in [3.63, 3.8) is 0 Å². The van der Waals surface area contributed by atoms with Gasteiger partial charge in [0.25, 0.3) is 0 Å². The molecule has 1 aromatic rings. The van der Waals surface area contributed by atoms with Crippen LogP contribution in [0.1, 0.15) is 23.2 Å². The summed E-state index contributed by atoms with van der Waals surface area (Å²) in [6.45, 7) is 0. The van der Waals surface area contributed by atoms with Crippen molar-refractivity contribution >= 4 is 17.7 Å². The lowest BCUT2D eigenvalue weighted by atomic mass is 10.3. The number of carboxylic acid groups (broad SMARTS) is 1. The largest absolute Gasteiger partial charge is 0.488 e. The summed E-state index contributed by atoms with van der Waals surface area (Å²) in [4.78, 5) is 15.5. The number of pyridine rings is 1. The monoisotopic (exact) mass is 225 g/mol. The van der Waals surface area contributed by atoms with Crippen LogP contribution in [0.2, 0.25) is 0 Å². The molecule has 1 fully saturated rings. The first kappa shape index (κ1) is 10.3. The summed E-state index contributed by atoms with van der Waals surface area (Å²) in [6, 6.07) is 0. The summed E-state index contributed by atoms with van der Waals surface area (Å²) in [5.74, 6) is -0.377. The molecular formula is C10H11NO3S. The molecule has 0 aliphatic heterocycles. The SMILES string of the molecule is CSc1c(OC2CC2)cncc1C(=O)O. The summed E-state index contributed by atoms with van der Waals surface area (Å²) < 4.78 is 5.59. The number of aromatic nitrogens is 1. The number of carboxylic acids is 1. The summed E-state index contributed by atoms with van der Waals surface area (Å²) in [5.41, 5.74) is 0.209. The van der Waals surface area contributed by atoms with Crippen LogP contribution in [0.4, 0.5) is 0 Å². The number of thioether (sulfide) groups is 1. The van der Waals surface area contributed by atoms with Crippen molar-refractivity contribution in [3.05, 3.63) is 18.0 Å². The Morgan fingerprint density at radius 2 is 2.33 bits per heavy atom. The van der Waals surface area contributed by atoms with E-state index in [9.17, 15) is 4.79 Å². The second kappa shape index (κ2) is 4.10. The predicted octanol–water partition coefficient (Wildman–Crippen LogP) is 2.04. The van der Waals surface area contributed by atoms with Gasteiger partial charge in [-0.25, -0.2) is 4.79 Å². The second-order valence-electron chi connectivity index (χ2n) is 3.34. The Bertz CT molecular complexity index is 390. The van der Waals surface area contributed by atoms with E-state index in [-0.39, 0.29) is 11.7 Å². The van der Waals surface area contributed by atoms with Crippen molar-refractivity contribution in [1.82, 2.24) is 4.98 Å².